The van der Waals surface area contributed by atoms with Crippen molar-refractivity contribution in [1.82, 2.24) is 19.6 Å². The summed E-state index contributed by atoms with van der Waals surface area (Å²) in [4.78, 5) is 7.47. The summed E-state index contributed by atoms with van der Waals surface area (Å²) in [5.41, 5.74) is 0. The fourth-order valence-corrected chi connectivity index (χ4v) is 0.730. The third-order valence-electron chi connectivity index (χ3n) is 2.15. The molecule has 0 aromatic heterocycles. The number of hydrogen-bond donors (Lipinski definition) is 0. The van der Waals surface area contributed by atoms with Crippen LogP contribution < -0.4 is 20.4 Å². The number of rotatable bonds is 8. The Morgan fingerprint density at radius 3 is 0.520 bits per heavy atom. The normalized spacial score (nSPS) is 9.60. The van der Waals surface area contributed by atoms with Gasteiger partial charge in [0.2, 0.25) is 0 Å². The minimum absolute atomic E-state index is 0. The molecule has 0 rings (SSSR count). The largest absolute Gasteiger partial charge is 4.00 e. The van der Waals surface area contributed by atoms with E-state index in [1.807, 2.05) is 76.0 Å². The fraction of sp³-hybridized carbons (Fsp3) is 1.00. The number of hydrogen-bond acceptors (Lipinski definition) is 8. The van der Waals surface area contributed by atoms with Crippen molar-refractivity contribution in [3.05, 3.63) is 0 Å². The van der Waals surface area contributed by atoms with Crippen LogP contribution in [-0.2, 0) is 26.2 Å². The molecule has 0 saturated carbocycles. The van der Waals surface area contributed by atoms with Crippen LogP contribution in [0.1, 0.15) is 0 Å². The summed E-state index contributed by atoms with van der Waals surface area (Å²) in [5, 5.41) is 38.8. The smallest absolute Gasteiger partial charge is 0.854 e. The number of likely N-dealkylation sites (N-methyl/N-ethyl adjacent to an activating group) is 4. The predicted octanol–water partition coefficient (Wildman–Crippen LogP) is -4.37. The van der Waals surface area contributed by atoms with E-state index >= 15 is 0 Å². The van der Waals surface area contributed by atoms with Crippen LogP contribution in [0.5, 0.6) is 0 Å². The van der Waals surface area contributed by atoms with E-state index in [2.05, 4.69) is 0 Å². The Balaban J connectivity index is -0.0000000702. The first kappa shape index (κ1) is 36.5. The SMILES string of the molecule is CN(C)CC[O-].CN(C)CC[O-].CN(C)CC[O-].CN(C)CC[O-].[Zr+4]. The molecule has 0 spiro atoms. The molecule has 0 amide bonds. The van der Waals surface area contributed by atoms with Gasteiger partial charge < -0.3 is 40.0 Å². The molecule has 8 nitrogen and oxygen atoms in total. The average molecular weight is 444 g/mol. The van der Waals surface area contributed by atoms with E-state index in [-0.39, 0.29) is 52.6 Å². The third-order valence-corrected chi connectivity index (χ3v) is 2.15. The molecular weight excluding hydrogens is 403 g/mol. The van der Waals surface area contributed by atoms with E-state index in [0.29, 0.717) is 26.2 Å². The van der Waals surface area contributed by atoms with Crippen molar-refractivity contribution < 1.29 is 46.6 Å². The summed E-state index contributed by atoms with van der Waals surface area (Å²) in [5.74, 6) is 0. The quantitative estimate of drug-likeness (QED) is 0.370. The second-order valence-corrected chi connectivity index (χ2v) is 6.03. The van der Waals surface area contributed by atoms with Crippen LogP contribution in [0.15, 0.2) is 0 Å². The zero-order valence-electron chi connectivity index (χ0n) is 17.6. The molecule has 0 aromatic rings. The van der Waals surface area contributed by atoms with Gasteiger partial charge >= 0.3 is 26.2 Å². The van der Waals surface area contributed by atoms with Gasteiger partial charge in [-0.2, -0.15) is 0 Å². The van der Waals surface area contributed by atoms with Gasteiger partial charge in [-0.3, -0.25) is 0 Å². The van der Waals surface area contributed by atoms with Crippen molar-refractivity contribution in [2.75, 3.05) is 109 Å². The molecule has 0 aliphatic carbocycles. The maximum absolute atomic E-state index is 9.70. The predicted molar refractivity (Wildman–Crippen MR) is 93.7 cm³/mol. The molecule has 0 aromatic carbocycles. The average Bonchev–Trinajstić information content (AvgIpc) is 2.39. The third kappa shape index (κ3) is 79.2. The molecule has 0 saturated heterocycles. The Bertz CT molecular complexity index is 161. The fourth-order valence-electron chi connectivity index (χ4n) is 0.730. The summed E-state index contributed by atoms with van der Waals surface area (Å²) in [6, 6.07) is 0. The van der Waals surface area contributed by atoms with Crippen LogP contribution in [0, 0.1) is 0 Å². The minimum Gasteiger partial charge on any atom is -0.854 e. The van der Waals surface area contributed by atoms with Gasteiger partial charge in [0, 0.05) is 0 Å². The molecular formula is C16H40N4O4Zr. The molecule has 9 heteroatoms. The summed E-state index contributed by atoms with van der Waals surface area (Å²) >= 11 is 0. The van der Waals surface area contributed by atoms with E-state index in [4.69, 9.17) is 0 Å². The van der Waals surface area contributed by atoms with Crippen molar-refractivity contribution in [2.45, 2.75) is 0 Å². The van der Waals surface area contributed by atoms with Crippen LogP contribution >= 0.6 is 0 Å². The van der Waals surface area contributed by atoms with Crippen LogP contribution in [-0.4, -0.2) is 129 Å². The number of nitrogens with zero attached hydrogens (tertiary/aromatic N) is 4. The van der Waals surface area contributed by atoms with E-state index < -0.39 is 0 Å². The molecule has 0 aliphatic heterocycles. The van der Waals surface area contributed by atoms with Gasteiger partial charge in [0.1, 0.15) is 0 Å². The second-order valence-electron chi connectivity index (χ2n) is 6.03. The Hall–Kier alpha value is 0.563. The Morgan fingerprint density at radius 2 is 0.520 bits per heavy atom. The molecule has 0 bridgehead atoms. The van der Waals surface area contributed by atoms with E-state index in [1.54, 1.807) is 0 Å². The van der Waals surface area contributed by atoms with Crippen LogP contribution in [0.25, 0.3) is 0 Å². The van der Waals surface area contributed by atoms with Crippen molar-refractivity contribution in [2.24, 2.45) is 0 Å². The molecule has 0 radical (unpaired) electrons. The van der Waals surface area contributed by atoms with Crippen molar-refractivity contribution in [3.63, 3.8) is 0 Å². The van der Waals surface area contributed by atoms with Gasteiger partial charge in [-0.05, 0) is 82.6 Å². The summed E-state index contributed by atoms with van der Waals surface area (Å²) in [6.45, 7) is 2.64. The van der Waals surface area contributed by atoms with Gasteiger partial charge in [0.15, 0.2) is 0 Å². The zero-order valence-corrected chi connectivity index (χ0v) is 20.0. The first-order valence-electron chi connectivity index (χ1n) is 8.00. The van der Waals surface area contributed by atoms with Gasteiger partial charge in [0.05, 0.1) is 0 Å². The van der Waals surface area contributed by atoms with Gasteiger partial charge in [-0.15, -0.1) is 26.4 Å². The topological polar surface area (TPSA) is 105 Å². The summed E-state index contributed by atoms with van der Waals surface area (Å²) in [7, 11) is 15.1. The molecule has 0 aliphatic rings. The first-order valence-corrected chi connectivity index (χ1v) is 8.00. The Morgan fingerprint density at radius 1 is 0.400 bits per heavy atom. The van der Waals surface area contributed by atoms with Gasteiger partial charge in [-0.25, -0.2) is 0 Å². The van der Waals surface area contributed by atoms with Crippen LogP contribution in [0.3, 0.4) is 0 Å². The first-order chi connectivity index (χ1) is 11.1. The van der Waals surface area contributed by atoms with Gasteiger partial charge in [0.25, 0.3) is 0 Å². The van der Waals surface area contributed by atoms with E-state index in [1.165, 1.54) is 0 Å². The molecule has 0 atom stereocenters. The zero-order chi connectivity index (χ0) is 20.0. The summed E-state index contributed by atoms with van der Waals surface area (Å²) in [6.07, 6.45) is 0. The van der Waals surface area contributed by atoms with Crippen molar-refractivity contribution in [1.29, 1.82) is 0 Å². The van der Waals surface area contributed by atoms with E-state index in [0.717, 1.165) is 0 Å². The standard InChI is InChI=1S/4C4H10NO.Zr/c4*1-5(2)3-4-6;/h4*3-4H2,1-2H3;/q4*-1;+4. The van der Waals surface area contributed by atoms with E-state index in [9.17, 15) is 20.4 Å². The van der Waals surface area contributed by atoms with Crippen molar-refractivity contribution >= 4 is 0 Å². The van der Waals surface area contributed by atoms with Crippen molar-refractivity contribution in [3.8, 4) is 0 Å². The monoisotopic (exact) mass is 442 g/mol. The maximum atomic E-state index is 9.70. The Labute approximate surface area is 175 Å². The molecule has 0 unspecified atom stereocenters. The molecule has 0 fully saturated rings. The Kier molecular flexibility index (Phi) is 47.1. The van der Waals surface area contributed by atoms with Crippen LogP contribution in [0.2, 0.25) is 0 Å². The molecule has 152 valence electrons. The summed E-state index contributed by atoms with van der Waals surface area (Å²) < 4.78 is 0. The van der Waals surface area contributed by atoms with Gasteiger partial charge in [-0.1, -0.05) is 0 Å². The molecule has 0 heterocycles. The van der Waals surface area contributed by atoms with Crippen LogP contribution in [0.4, 0.5) is 0 Å². The second kappa shape index (κ2) is 32.3. The molecule has 0 N–H and O–H groups in total. The molecule has 25 heavy (non-hydrogen) atoms. The maximum Gasteiger partial charge on any atom is 4.00 e. The minimum atomic E-state index is 0.